The van der Waals surface area contributed by atoms with Crippen molar-refractivity contribution in [2.24, 2.45) is 0 Å². The average Bonchev–Trinajstić information content (AvgIpc) is 3.31. The standard InChI is InChI=1S/C23H24F4N2O6/c1-31-15-5-7-28-18(10-15)22-6-8-29(11-19(22)34-13-35-22)20(30)14-3-4-16(17(9-14)32-2)33-12-23(26,27)21(24)25/h3-5,7,9-10,19,21H,6,8,11-13H2,1-2H3. The van der Waals surface area contributed by atoms with Crippen molar-refractivity contribution in [3.63, 3.8) is 0 Å². The van der Waals surface area contributed by atoms with Gasteiger partial charge in [-0.25, -0.2) is 8.78 Å². The van der Waals surface area contributed by atoms with Crippen LogP contribution in [0.25, 0.3) is 0 Å². The monoisotopic (exact) mass is 500 g/mol. The number of likely N-dealkylation sites (tertiary alicyclic amines) is 1. The Morgan fingerprint density at radius 3 is 2.74 bits per heavy atom. The van der Waals surface area contributed by atoms with E-state index in [0.29, 0.717) is 24.4 Å². The van der Waals surface area contributed by atoms with Crippen LogP contribution in [0.15, 0.2) is 36.5 Å². The molecule has 0 N–H and O–H groups in total. The number of halogens is 4. The number of aromatic nitrogens is 1. The summed E-state index contributed by atoms with van der Waals surface area (Å²) >= 11 is 0. The number of amides is 1. The predicted octanol–water partition coefficient (Wildman–Crippen LogP) is 3.49. The zero-order chi connectivity index (χ0) is 25.2. The van der Waals surface area contributed by atoms with E-state index in [-0.39, 0.29) is 36.3 Å². The van der Waals surface area contributed by atoms with Crippen molar-refractivity contribution in [2.45, 2.75) is 30.5 Å². The Hall–Kier alpha value is -3.12. The van der Waals surface area contributed by atoms with Gasteiger partial charge in [-0.05, 0) is 24.3 Å². The Labute approximate surface area is 198 Å². The zero-order valence-electron chi connectivity index (χ0n) is 19.0. The topological polar surface area (TPSA) is 79.4 Å². The minimum absolute atomic E-state index is 0.0340. The summed E-state index contributed by atoms with van der Waals surface area (Å²) in [6.45, 7) is -0.924. The van der Waals surface area contributed by atoms with Gasteiger partial charge >= 0.3 is 12.3 Å². The molecule has 2 fully saturated rings. The van der Waals surface area contributed by atoms with Gasteiger partial charge in [-0.1, -0.05) is 0 Å². The van der Waals surface area contributed by atoms with Crippen LogP contribution in [0.4, 0.5) is 17.6 Å². The maximum Gasteiger partial charge on any atom is 0.340 e. The number of carbonyl (C=O) groups excluding carboxylic acids is 1. The van der Waals surface area contributed by atoms with Gasteiger partial charge < -0.3 is 28.6 Å². The molecule has 0 radical (unpaired) electrons. The Kier molecular flexibility index (Phi) is 7.04. The lowest BCUT2D eigenvalue weighted by molar-refractivity contribution is -0.148. The third kappa shape index (κ3) is 4.85. The third-order valence-electron chi connectivity index (χ3n) is 6.08. The number of carbonyl (C=O) groups is 1. The van der Waals surface area contributed by atoms with Crippen LogP contribution in [0.3, 0.4) is 0 Å². The van der Waals surface area contributed by atoms with Crippen molar-refractivity contribution in [2.75, 3.05) is 40.7 Å². The number of hydrogen-bond donors (Lipinski definition) is 0. The van der Waals surface area contributed by atoms with Crippen LogP contribution in [0.1, 0.15) is 22.5 Å². The molecule has 2 saturated heterocycles. The first-order chi connectivity index (χ1) is 16.7. The van der Waals surface area contributed by atoms with Crippen LogP contribution >= 0.6 is 0 Å². The van der Waals surface area contributed by atoms with E-state index in [2.05, 4.69) is 4.98 Å². The summed E-state index contributed by atoms with van der Waals surface area (Å²) in [5.74, 6) is -4.26. The number of methoxy groups -OCH3 is 2. The van der Waals surface area contributed by atoms with Crippen LogP contribution < -0.4 is 14.2 Å². The largest absolute Gasteiger partial charge is 0.497 e. The highest BCUT2D eigenvalue weighted by Crippen LogP contribution is 2.43. The fourth-order valence-corrected chi connectivity index (χ4v) is 4.14. The van der Waals surface area contributed by atoms with E-state index in [1.807, 2.05) is 0 Å². The lowest BCUT2D eigenvalue weighted by atomic mass is 9.84. The Bertz CT molecular complexity index is 1070. The van der Waals surface area contributed by atoms with Crippen molar-refractivity contribution in [1.29, 1.82) is 0 Å². The summed E-state index contributed by atoms with van der Waals surface area (Å²) in [4.78, 5) is 19.2. The molecule has 0 aliphatic carbocycles. The Balaban J connectivity index is 1.49. The molecule has 0 bridgehead atoms. The van der Waals surface area contributed by atoms with Gasteiger partial charge in [0.1, 0.15) is 24.2 Å². The number of alkyl halides is 4. The summed E-state index contributed by atoms with van der Waals surface area (Å²) in [7, 11) is 2.80. The van der Waals surface area contributed by atoms with Gasteiger partial charge in [0.05, 0.1) is 26.5 Å². The maximum atomic E-state index is 13.2. The summed E-state index contributed by atoms with van der Waals surface area (Å²) in [5.41, 5.74) is 0.0346. The highest BCUT2D eigenvalue weighted by molar-refractivity contribution is 5.95. The Morgan fingerprint density at radius 2 is 2.03 bits per heavy atom. The molecule has 1 amide bonds. The van der Waals surface area contributed by atoms with E-state index >= 15 is 0 Å². The van der Waals surface area contributed by atoms with Gasteiger partial charge in [0.25, 0.3) is 5.91 Å². The van der Waals surface area contributed by atoms with Crippen molar-refractivity contribution in [3.05, 3.63) is 47.8 Å². The summed E-state index contributed by atoms with van der Waals surface area (Å²) in [6.07, 6.45) is -2.30. The van der Waals surface area contributed by atoms with E-state index in [9.17, 15) is 22.4 Å². The lowest BCUT2D eigenvalue weighted by Gasteiger charge is -2.41. The molecule has 2 aliphatic heterocycles. The molecule has 190 valence electrons. The molecule has 8 nitrogen and oxygen atoms in total. The first kappa shape index (κ1) is 25.0. The molecule has 2 unspecified atom stereocenters. The first-order valence-electron chi connectivity index (χ1n) is 10.7. The molecule has 0 spiro atoms. The molecule has 4 rings (SSSR count). The average molecular weight is 500 g/mol. The number of piperidine rings is 1. The minimum atomic E-state index is -4.32. The van der Waals surface area contributed by atoms with Crippen molar-refractivity contribution in [3.8, 4) is 17.2 Å². The molecule has 0 saturated carbocycles. The van der Waals surface area contributed by atoms with Gasteiger partial charge in [0.15, 0.2) is 18.1 Å². The van der Waals surface area contributed by atoms with Crippen molar-refractivity contribution >= 4 is 5.91 Å². The highest BCUT2D eigenvalue weighted by atomic mass is 19.3. The third-order valence-corrected chi connectivity index (χ3v) is 6.08. The SMILES string of the molecule is COc1ccnc(C23CCN(C(=O)c4ccc(OCC(F)(F)C(F)F)c(OC)c4)CC2OCO3)c1. The second-order valence-electron chi connectivity index (χ2n) is 8.11. The normalized spacial score (nSPS) is 22.1. The lowest BCUT2D eigenvalue weighted by Crippen LogP contribution is -2.53. The van der Waals surface area contributed by atoms with Crippen LogP contribution in [-0.4, -0.2) is 75.0 Å². The van der Waals surface area contributed by atoms with Crippen LogP contribution in [0, 0.1) is 0 Å². The zero-order valence-corrected chi connectivity index (χ0v) is 19.0. The fourth-order valence-electron chi connectivity index (χ4n) is 4.14. The molecule has 1 aromatic carbocycles. The second kappa shape index (κ2) is 9.86. The number of fused-ring (bicyclic) bond motifs is 1. The maximum absolute atomic E-state index is 13.2. The predicted molar refractivity (Wildman–Crippen MR) is 113 cm³/mol. The van der Waals surface area contributed by atoms with Crippen molar-refractivity contribution < 1.29 is 46.0 Å². The van der Waals surface area contributed by atoms with Gasteiger partial charge in [-0.2, -0.15) is 8.78 Å². The molecule has 3 heterocycles. The molecule has 2 aromatic rings. The van der Waals surface area contributed by atoms with E-state index in [4.69, 9.17) is 23.7 Å². The van der Waals surface area contributed by atoms with E-state index < -0.39 is 30.7 Å². The second-order valence-corrected chi connectivity index (χ2v) is 8.11. The smallest absolute Gasteiger partial charge is 0.340 e. The number of ether oxygens (including phenoxy) is 5. The van der Waals surface area contributed by atoms with E-state index in [1.54, 1.807) is 30.3 Å². The van der Waals surface area contributed by atoms with Crippen molar-refractivity contribution in [1.82, 2.24) is 9.88 Å². The number of pyridine rings is 1. The molecule has 12 heteroatoms. The van der Waals surface area contributed by atoms with Gasteiger partial charge in [-0.3, -0.25) is 9.78 Å². The minimum Gasteiger partial charge on any atom is -0.497 e. The van der Waals surface area contributed by atoms with Gasteiger partial charge in [0, 0.05) is 30.8 Å². The number of hydrogen-bond acceptors (Lipinski definition) is 7. The molecular formula is C23H24F4N2O6. The van der Waals surface area contributed by atoms with Crippen LogP contribution in [0.5, 0.6) is 17.2 Å². The summed E-state index contributed by atoms with van der Waals surface area (Å²) in [5, 5.41) is 0. The summed E-state index contributed by atoms with van der Waals surface area (Å²) < 4.78 is 78.2. The molecule has 2 aliphatic rings. The quantitative estimate of drug-likeness (QED) is 0.514. The molecule has 35 heavy (non-hydrogen) atoms. The van der Waals surface area contributed by atoms with Gasteiger partial charge in [-0.15, -0.1) is 0 Å². The first-order valence-corrected chi connectivity index (χ1v) is 10.7. The van der Waals surface area contributed by atoms with Gasteiger partial charge in [0.2, 0.25) is 0 Å². The highest BCUT2D eigenvalue weighted by Gasteiger charge is 2.52. The van der Waals surface area contributed by atoms with Crippen LogP contribution in [-0.2, 0) is 15.1 Å². The molecule has 2 atom stereocenters. The van der Waals surface area contributed by atoms with E-state index in [1.165, 1.54) is 25.3 Å². The van der Waals surface area contributed by atoms with Crippen LogP contribution in [0.2, 0.25) is 0 Å². The summed E-state index contributed by atoms with van der Waals surface area (Å²) in [6, 6.07) is 7.41. The number of benzene rings is 1. The number of rotatable bonds is 8. The fraction of sp³-hybridized carbons (Fsp3) is 0.478. The molecular weight excluding hydrogens is 476 g/mol. The van der Waals surface area contributed by atoms with E-state index in [0.717, 1.165) is 0 Å². The number of nitrogens with zero attached hydrogens (tertiary/aromatic N) is 2. The molecule has 1 aromatic heterocycles. The Morgan fingerprint density at radius 1 is 1.23 bits per heavy atom.